The van der Waals surface area contributed by atoms with Crippen LogP contribution in [0.3, 0.4) is 0 Å². The zero-order valence-electron chi connectivity index (χ0n) is 7.57. The van der Waals surface area contributed by atoms with Gasteiger partial charge in [-0.25, -0.2) is 13.8 Å². The van der Waals surface area contributed by atoms with Crippen LogP contribution in [0.2, 0.25) is 0 Å². The second kappa shape index (κ2) is 4.17. The molecule has 0 unspecified atom stereocenters. The maximum atomic E-state index is 12.3. The van der Waals surface area contributed by atoms with Crippen molar-refractivity contribution in [3.63, 3.8) is 0 Å². The SMILES string of the molecule is Cn1c(C(F)F)cnc1CCC(=O)O. The molecule has 1 rings (SSSR count). The zero-order chi connectivity index (χ0) is 10.7. The molecule has 0 saturated heterocycles. The molecule has 78 valence electrons. The summed E-state index contributed by atoms with van der Waals surface area (Å²) in [6.07, 6.45) is -1.44. The molecule has 1 aromatic rings. The number of carboxylic acids is 1. The Bertz CT molecular complexity index is 336. The Morgan fingerprint density at radius 2 is 2.36 bits per heavy atom. The van der Waals surface area contributed by atoms with E-state index in [-0.39, 0.29) is 18.5 Å². The van der Waals surface area contributed by atoms with Crippen molar-refractivity contribution < 1.29 is 18.7 Å². The van der Waals surface area contributed by atoms with Gasteiger partial charge in [0.15, 0.2) is 0 Å². The number of hydrogen-bond donors (Lipinski definition) is 1. The first-order valence-corrected chi connectivity index (χ1v) is 4.02. The third-order valence-electron chi connectivity index (χ3n) is 1.91. The van der Waals surface area contributed by atoms with Crippen molar-refractivity contribution in [2.45, 2.75) is 19.3 Å². The minimum absolute atomic E-state index is 0.104. The summed E-state index contributed by atoms with van der Waals surface area (Å²) in [5.41, 5.74) is -0.189. The van der Waals surface area contributed by atoms with Crippen LogP contribution in [0.1, 0.15) is 24.4 Å². The second-order valence-corrected chi connectivity index (χ2v) is 2.85. The van der Waals surface area contributed by atoms with E-state index in [4.69, 9.17) is 5.11 Å². The standard InChI is InChI=1S/C8H10F2N2O2/c1-12-5(8(9)10)4-11-6(12)2-3-7(13)14/h4,8H,2-3H2,1H3,(H,13,14). The molecule has 14 heavy (non-hydrogen) atoms. The summed E-state index contributed by atoms with van der Waals surface area (Å²) < 4.78 is 25.8. The molecule has 6 heteroatoms. The molecule has 0 bridgehead atoms. The van der Waals surface area contributed by atoms with Crippen LogP contribution < -0.4 is 0 Å². The molecule has 0 aromatic carbocycles. The van der Waals surface area contributed by atoms with Gasteiger partial charge in [-0.15, -0.1) is 0 Å². The summed E-state index contributed by atoms with van der Waals surface area (Å²) in [4.78, 5) is 14.0. The summed E-state index contributed by atoms with van der Waals surface area (Å²) in [6.45, 7) is 0. The maximum absolute atomic E-state index is 12.3. The maximum Gasteiger partial charge on any atom is 0.303 e. The highest BCUT2D eigenvalue weighted by Gasteiger charge is 2.15. The first-order chi connectivity index (χ1) is 6.52. The van der Waals surface area contributed by atoms with E-state index in [9.17, 15) is 13.6 Å². The van der Waals surface area contributed by atoms with E-state index in [0.29, 0.717) is 5.82 Å². The summed E-state index contributed by atoms with van der Waals surface area (Å²) in [5, 5.41) is 8.40. The minimum atomic E-state index is -2.58. The summed E-state index contributed by atoms with van der Waals surface area (Å²) >= 11 is 0. The Morgan fingerprint density at radius 3 is 2.79 bits per heavy atom. The zero-order valence-corrected chi connectivity index (χ0v) is 7.57. The number of aliphatic carboxylic acids is 1. The predicted octanol–water partition coefficient (Wildman–Crippen LogP) is 1.37. The van der Waals surface area contributed by atoms with E-state index in [2.05, 4.69) is 4.98 Å². The van der Waals surface area contributed by atoms with Gasteiger partial charge in [0.25, 0.3) is 6.43 Å². The number of carbonyl (C=O) groups is 1. The van der Waals surface area contributed by atoms with E-state index in [1.807, 2.05) is 0 Å². The highest BCUT2D eigenvalue weighted by Crippen LogP contribution is 2.19. The van der Waals surface area contributed by atoms with Gasteiger partial charge in [-0.05, 0) is 0 Å². The monoisotopic (exact) mass is 204 g/mol. The van der Waals surface area contributed by atoms with Crippen molar-refractivity contribution in [3.05, 3.63) is 17.7 Å². The van der Waals surface area contributed by atoms with Crippen LogP contribution in [-0.2, 0) is 18.3 Å². The van der Waals surface area contributed by atoms with E-state index >= 15 is 0 Å². The minimum Gasteiger partial charge on any atom is -0.481 e. The van der Waals surface area contributed by atoms with Gasteiger partial charge in [-0.1, -0.05) is 0 Å². The van der Waals surface area contributed by atoms with E-state index in [0.717, 1.165) is 6.20 Å². The Balaban J connectivity index is 2.74. The molecule has 0 spiro atoms. The van der Waals surface area contributed by atoms with Crippen molar-refractivity contribution in [3.8, 4) is 0 Å². The number of imidazole rings is 1. The fourth-order valence-corrected chi connectivity index (χ4v) is 1.12. The van der Waals surface area contributed by atoms with Gasteiger partial charge in [0.05, 0.1) is 12.6 Å². The van der Waals surface area contributed by atoms with Crippen LogP contribution in [0.15, 0.2) is 6.20 Å². The third-order valence-corrected chi connectivity index (χ3v) is 1.91. The molecule has 0 atom stereocenters. The van der Waals surface area contributed by atoms with E-state index in [1.165, 1.54) is 11.6 Å². The molecule has 0 aliphatic rings. The van der Waals surface area contributed by atoms with E-state index in [1.54, 1.807) is 0 Å². The van der Waals surface area contributed by atoms with Crippen LogP contribution in [0.4, 0.5) is 8.78 Å². The Morgan fingerprint density at radius 1 is 1.71 bits per heavy atom. The molecule has 1 heterocycles. The number of alkyl halides is 2. The van der Waals surface area contributed by atoms with Crippen LogP contribution in [0, 0.1) is 0 Å². The lowest BCUT2D eigenvalue weighted by atomic mass is 10.3. The normalized spacial score (nSPS) is 10.9. The molecule has 0 amide bonds. The Labute approximate surface area is 79.2 Å². The molecule has 1 aromatic heterocycles. The van der Waals surface area contributed by atoms with Gasteiger partial charge in [0, 0.05) is 13.5 Å². The fraction of sp³-hybridized carbons (Fsp3) is 0.500. The number of nitrogens with zero attached hydrogens (tertiary/aromatic N) is 2. The first kappa shape index (κ1) is 10.6. The number of rotatable bonds is 4. The highest BCUT2D eigenvalue weighted by atomic mass is 19.3. The first-order valence-electron chi connectivity index (χ1n) is 4.02. The molecular formula is C8H10F2N2O2. The largest absolute Gasteiger partial charge is 0.481 e. The van der Waals surface area contributed by atoms with Crippen molar-refractivity contribution in [1.82, 2.24) is 9.55 Å². The van der Waals surface area contributed by atoms with E-state index < -0.39 is 12.4 Å². The van der Waals surface area contributed by atoms with Crippen LogP contribution >= 0.6 is 0 Å². The quantitative estimate of drug-likeness (QED) is 0.805. The van der Waals surface area contributed by atoms with Gasteiger partial charge in [-0.3, -0.25) is 4.79 Å². The molecule has 0 radical (unpaired) electrons. The third kappa shape index (κ3) is 2.27. The van der Waals surface area contributed by atoms with Gasteiger partial charge in [0.2, 0.25) is 0 Å². The lowest BCUT2D eigenvalue weighted by Gasteiger charge is -2.03. The Hall–Kier alpha value is -1.46. The second-order valence-electron chi connectivity index (χ2n) is 2.85. The summed E-state index contributed by atoms with van der Waals surface area (Å²) in [6, 6.07) is 0. The number of aromatic nitrogens is 2. The fourth-order valence-electron chi connectivity index (χ4n) is 1.12. The number of carboxylic acid groups (broad SMARTS) is 1. The average molecular weight is 204 g/mol. The molecule has 1 N–H and O–H groups in total. The molecule has 0 aliphatic heterocycles. The molecule has 0 saturated carbocycles. The van der Waals surface area contributed by atoms with Crippen molar-refractivity contribution in [2.75, 3.05) is 0 Å². The van der Waals surface area contributed by atoms with Crippen molar-refractivity contribution in [1.29, 1.82) is 0 Å². The van der Waals surface area contributed by atoms with Crippen LogP contribution in [0.5, 0.6) is 0 Å². The average Bonchev–Trinajstić information content (AvgIpc) is 2.43. The number of aryl methyl sites for hydroxylation is 1. The van der Waals surface area contributed by atoms with Gasteiger partial charge < -0.3 is 9.67 Å². The molecular weight excluding hydrogens is 194 g/mol. The summed E-state index contributed by atoms with van der Waals surface area (Å²) in [5.74, 6) is -0.603. The Kier molecular flexibility index (Phi) is 3.16. The lowest BCUT2D eigenvalue weighted by Crippen LogP contribution is -2.05. The smallest absolute Gasteiger partial charge is 0.303 e. The van der Waals surface area contributed by atoms with Crippen LogP contribution in [0.25, 0.3) is 0 Å². The van der Waals surface area contributed by atoms with Crippen molar-refractivity contribution >= 4 is 5.97 Å². The number of halogens is 2. The molecule has 0 aliphatic carbocycles. The van der Waals surface area contributed by atoms with Crippen molar-refractivity contribution in [2.24, 2.45) is 7.05 Å². The van der Waals surface area contributed by atoms with Crippen LogP contribution in [-0.4, -0.2) is 20.6 Å². The summed E-state index contributed by atoms with van der Waals surface area (Å²) in [7, 11) is 1.45. The highest BCUT2D eigenvalue weighted by molar-refractivity contribution is 5.66. The topological polar surface area (TPSA) is 55.1 Å². The van der Waals surface area contributed by atoms with Gasteiger partial charge in [-0.2, -0.15) is 0 Å². The van der Waals surface area contributed by atoms with Gasteiger partial charge >= 0.3 is 5.97 Å². The molecule has 0 fully saturated rings. The lowest BCUT2D eigenvalue weighted by molar-refractivity contribution is -0.137. The predicted molar refractivity (Wildman–Crippen MR) is 44.1 cm³/mol. The number of hydrogen-bond acceptors (Lipinski definition) is 2. The van der Waals surface area contributed by atoms with Gasteiger partial charge in [0.1, 0.15) is 11.5 Å². The molecule has 4 nitrogen and oxygen atoms in total.